The fourth-order valence-electron chi connectivity index (χ4n) is 1.66. The van der Waals surface area contributed by atoms with Gasteiger partial charge in [0.25, 0.3) is 5.91 Å². The predicted octanol–water partition coefficient (Wildman–Crippen LogP) is 1.59. The van der Waals surface area contributed by atoms with E-state index in [9.17, 15) is 14.3 Å². The Morgan fingerprint density at radius 3 is 2.67 bits per heavy atom. The van der Waals surface area contributed by atoms with Gasteiger partial charge in [-0.3, -0.25) is 4.79 Å². The highest BCUT2D eigenvalue weighted by molar-refractivity contribution is 5.96. The van der Waals surface area contributed by atoms with Crippen LogP contribution in [0, 0.1) is 11.2 Å². The molecule has 100 valence electrons. The van der Waals surface area contributed by atoms with Gasteiger partial charge in [-0.2, -0.15) is 0 Å². The van der Waals surface area contributed by atoms with Gasteiger partial charge in [0.15, 0.2) is 0 Å². The van der Waals surface area contributed by atoms with E-state index in [1.54, 1.807) is 7.05 Å². The lowest BCUT2D eigenvalue weighted by Gasteiger charge is -2.29. The van der Waals surface area contributed by atoms with Crippen molar-refractivity contribution < 1.29 is 14.3 Å². The first-order valence-electron chi connectivity index (χ1n) is 5.71. The Bertz CT molecular complexity index is 447. The molecular weight excluding hydrogens is 235 g/mol. The van der Waals surface area contributed by atoms with E-state index in [0.29, 0.717) is 13.1 Å². The second-order valence-electron chi connectivity index (χ2n) is 5.19. The molecule has 0 radical (unpaired) electrons. The molecule has 0 unspecified atom stereocenters. The van der Waals surface area contributed by atoms with Gasteiger partial charge in [-0.1, -0.05) is 13.8 Å². The van der Waals surface area contributed by atoms with Gasteiger partial charge in [0.1, 0.15) is 11.6 Å². The Morgan fingerprint density at radius 1 is 1.50 bits per heavy atom. The highest BCUT2D eigenvalue weighted by Gasteiger charge is 2.23. The van der Waals surface area contributed by atoms with E-state index < -0.39 is 11.7 Å². The second-order valence-corrected chi connectivity index (χ2v) is 5.19. The number of amides is 1. The fraction of sp³-hybridized carbons (Fsp3) is 0.462. The number of rotatable bonds is 4. The average Bonchev–Trinajstić information content (AvgIpc) is 2.31. The molecule has 1 rings (SSSR count). The topological polar surface area (TPSA) is 66.6 Å². The maximum absolute atomic E-state index is 13.1. The van der Waals surface area contributed by atoms with Gasteiger partial charge in [-0.25, -0.2) is 4.39 Å². The highest BCUT2D eigenvalue weighted by atomic mass is 19.1. The lowest BCUT2D eigenvalue weighted by molar-refractivity contribution is 0.0737. The van der Waals surface area contributed by atoms with E-state index in [-0.39, 0.29) is 16.7 Å². The van der Waals surface area contributed by atoms with Crippen LogP contribution in [0.3, 0.4) is 0 Å². The summed E-state index contributed by atoms with van der Waals surface area (Å²) in [5.41, 5.74) is 5.33. The fourth-order valence-corrected chi connectivity index (χ4v) is 1.66. The van der Waals surface area contributed by atoms with Gasteiger partial charge in [-0.05, 0) is 30.2 Å². The quantitative estimate of drug-likeness (QED) is 0.857. The Balaban J connectivity index is 2.90. The van der Waals surface area contributed by atoms with E-state index in [1.165, 1.54) is 11.0 Å². The van der Waals surface area contributed by atoms with Crippen LogP contribution in [0.5, 0.6) is 5.75 Å². The van der Waals surface area contributed by atoms with Crippen molar-refractivity contribution in [3.8, 4) is 5.75 Å². The predicted molar refractivity (Wildman–Crippen MR) is 67.9 cm³/mol. The third-order valence-electron chi connectivity index (χ3n) is 2.75. The van der Waals surface area contributed by atoms with Crippen LogP contribution >= 0.6 is 0 Å². The smallest absolute Gasteiger partial charge is 0.257 e. The van der Waals surface area contributed by atoms with Gasteiger partial charge >= 0.3 is 0 Å². The van der Waals surface area contributed by atoms with Crippen molar-refractivity contribution in [2.24, 2.45) is 11.1 Å². The van der Waals surface area contributed by atoms with Gasteiger partial charge in [0.2, 0.25) is 0 Å². The maximum atomic E-state index is 13.1. The second kappa shape index (κ2) is 5.35. The number of phenols is 1. The zero-order valence-corrected chi connectivity index (χ0v) is 10.9. The van der Waals surface area contributed by atoms with Crippen LogP contribution in [0.1, 0.15) is 24.2 Å². The number of hydrogen-bond acceptors (Lipinski definition) is 3. The van der Waals surface area contributed by atoms with E-state index in [4.69, 9.17) is 5.73 Å². The van der Waals surface area contributed by atoms with Crippen molar-refractivity contribution in [2.75, 3.05) is 20.1 Å². The summed E-state index contributed by atoms with van der Waals surface area (Å²) in [6.07, 6.45) is 0. The summed E-state index contributed by atoms with van der Waals surface area (Å²) in [6.45, 7) is 4.72. The first-order valence-corrected chi connectivity index (χ1v) is 5.71. The number of nitrogens with two attached hydrogens (primary N) is 1. The van der Waals surface area contributed by atoms with Gasteiger partial charge < -0.3 is 15.7 Å². The van der Waals surface area contributed by atoms with Gasteiger partial charge in [0, 0.05) is 13.6 Å². The van der Waals surface area contributed by atoms with E-state index >= 15 is 0 Å². The minimum Gasteiger partial charge on any atom is -0.507 e. The molecule has 3 N–H and O–H groups in total. The lowest BCUT2D eigenvalue weighted by atomic mass is 9.93. The molecule has 1 amide bonds. The van der Waals surface area contributed by atoms with Crippen molar-refractivity contribution in [2.45, 2.75) is 13.8 Å². The monoisotopic (exact) mass is 254 g/mol. The van der Waals surface area contributed by atoms with E-state index in [2.05, 4.69) is 0 Å². The molecule has 18 heavy (non-hydrogen) atoms. The summed E-state index contributed by atoms with van der Waals surface area (Å²) in [5, 5.41) is 9.57. The van der Waals surface area contributed by atoms with Crippen LogP contribution in [-0.4, -0.2) is 36.1 Å². The standard InChI is InChI=1S/C13H19FN2O2/c1-13(2,7-15)8-16(3)12(18)10-6-9(14)4-5-11(10)17/h4-6,17H,7-8,15H2,1-3H3. The summed E-state index contributed by atoms with van der Waals surface area (Å²) in [7, 11) is 1.60. The van der Waals surface area contributed by atoms with Crippen molar-refractivity contribution in [1.82, 2.24) is 4.90 Å². The number of carbonyl (C=O) groups excluding carboxylic acids is 1. The molecule has 0 aliphatic rings. The van der Waals surface area contributed by atoms with Crippen LogP contribution in [0.15, 0.2) is 18.2 Å². The van der Waals surface area contributed by atoms with Crippen molar-refractivity contribution in [1.29, 1.82) is 0 Å². The Hall–Kier alpha value is -1.62. The SMILES string of the molecule is CN(CC(C)(C)CN)C(=O)c1cc(F)ccc1O. The Morgan fingerprint density at radius 2 is 2.11 bits per heavy atom. The molecule has 0 spiro atoms. The molecule has 0 bridgehead atoms. The Labute approximate surface area is 106 Å². The molecule has 0 aliphatic heterocycles. The van der Waals surface area contributed by atoms with Crippen molar-refractivity contribution >= 4 is 5.91 Å². The molecular formula is C13H19FN2O2. The Kier molecular flexibility index (Phi) is 4.29. The summed E-state index contributed by atoms with van der Waals surface area (Å²) in [6, 6.07) is 3.31. The molecule has 4 nitrogen and oxygen atoms in total. The number of phenolic OH excluding ortho intramolecular Hbond substituents is 1. The zero-order valence-electron chi connectivity index (χ0n) is 10.9. The van der Waals surface area contributed by atoms with Crippen LogP contribution in [0.4, 0.5) is 4.39 Å². The van der Waals surface area contributed by atoms with Gasteiger partial charge in [-0.15, -0.1) is 0 Å². The molecule has 5 heteroatoms. The molecule has 0 aromatic heterocycles. The zero-order chi connectivity index (χ0) is 13.9. The first-order chi connectivity index (χ1) is 8.26. The minimum absolute atomic E-state index is 0.0367. The number of nitrogens with zero attached hydrogens (tertiary/aromatic N) is 1. The number of aromatic hydroxyl groups is 1. The number of halogens is 1. The molecule has 0 atom stereocenters. The summed E-state index contributed by atoms with van der Waals surface area (Å²) >= 11 is 0. The molecule has 0 aliphatic carbocycles. The molecule has 0 saturated carbocycles. The summed E-state index contributed by atoms with van der Waals surface area (Å²) in [4.78, 5) is 13.5. The molecule has 1 aromatic rings. The van der Waals surface area contributed by atoms with Crippen LogP contribution < -0.4 is 5.73 Å². The van der Waals surface area contributed by atoms with Crippen LogP contribution in [-0.2, 0) is 0 Å². The first kappa shape index (κ1) is 14.4. The number of benzene rings is 1. The third-order valence-corrected chi connectivity index (χ3v) is 2.75. The largest absolute Gasteiger partial charge is 0.507 e. The average molecular weight is 254 g/mol. The summed E-state index contributed by atoms with van der Waals surface area (Å²) < 4.78 is 13.1. The minimum atomic E-state index is -0.553. The molecule has 0 fully saturated rings. The van der Waals surface area contributed by atoms with Crippen LogP contribution in [0.25, 0.3) is 0 Å². The highest BCUT2D eigenvalue weighted by Crippen LogP contribution is 2.21. The molecule has 0 saturated heterocycles. The summed E-state index contributed by atoms with van der Waals surface area (Å²) in [5.74, 6) is -1.20. The van der Waals surface area contributed by atoms with E-state index in [0.717, 1.165) is 12.1 Å². The number of hydrogen-bond donors (Lipinski definition) is 2. The third kappa shape index (κ3) is 3.43. The van der Waals surface area contributed by atoms with Crippen molar-refractivity contribution in [3.63, 3.8) is 0 Å². The van der Waals surface area contributed by atoms with Crippen molar-refractivity contribution in [3.05, 3.63) is 29.6 Å². The van der Waals surface area contributed by atoms with E-state index in [1.807, 2.05) is 13.8 Å². The van der Waals surface area contributed by atoms with Gasteiger partial charge in [0.05, 0.1) is 5.56 Å². The normalized spacial score (nSPS) is 11.4. The van der Waals surface area contributed by atoms with Crippen LogP contribution in [0.2, 0.25) is 0 Å². The maximum Gasteiger partial charge on any atom is 0.257 e. The lowest BCUT2D eigenvalue weighted by Crippen LogP contribution is -2.39. The molecule has 1 aromatic carbocycles. The molecule has 0 heterocycles. The number of carbonyl (C=O) groups is 1.